The third-order valence-electron chi connectivity index (χ3n) is 4.37. The number of carboxylic acid groups (broad SMARTS) is 1. The molecule has 1 N–H and O–H groups in total. The molecule has 2 heterocycles. The Hall–Kier alpha value is -3.16. The van der Waals surface area contributed by atoms with Crippen LogP contribution in [0.5, 0.6) is 0 Å². The van der Waals surface area contributed by atoms with Crippen molar-refractivity contribution >= 4 is 46.3 Å². The highest BCUT2D eigenvalue weighted by Crippen LogP contribution is 2.34. The number of benzene rings is 2. The first-order chi connectivity index (χ1) is 14.0. The van der Waals surface area contributed by atoms with Crippen molar-refractivity contribution < 1.29 is 19.1 Å². The average molecular weight is 421 g/mol. The minimum atomic E-state index is -0.978. The molecule has 0 radical (unpaired) electrons. The molecule has 1 saturated heterocycles. The molecule has 1 amide bonds. The largest absolute Gasteiger partial charge is 0.478 e. The summed E-state index contributed by atoms with van der Waals surface area (Å²) < 4.78 is 6.33. The van der Waals surface area contributed by atoms with E-state index in [4.69, 9.17) is 21.7 Å². The second-order valence-electron chi connectivity index (χ2n) is 6.34. The number of hydrogen-bond donors (Lipinski definition) is 1. The minimum Gasteiger partial charge on any atom is -0.478 e. The number of nitrogens with zero attached hydrogens (tertiary/aromatic N) is 1. The third kappa shape index (κ3) is 4.16. The van der Waals surface area contributed by atoms with E-state index in [0.717, 1.165) is 11.1 Å². The van der Waals surface area contributed by atoms with Crippen molar-refractivity contribution in [1.82, 2.24) is 4.90 Å². The number of aromatic carboxylic acids is 1. The Labute approximate surface area is 176 Å². The zero-order valence-corrected chi connectivity index (χ0v) is 16.7. The summed E-state index contributed by atoms with van der Waals surface area (Å²) in [6, 6.07) is 19.7. The summed E-state index contributed by atoms with van der Waals surface area (Å²) in [4.78, 5) is 25.8. The van der Waals surface area contributed by atoms with E-state index in [1.54, 1.807) is 35.2 Å². The van der Waals surface area contributed by atoms with E-state index in [1.165, 1.54) is 23.9 Å². The summed E-state index contributed by atoms with van der Waals surface area (Å²) in [5, 5.41) is 8.99. The van der Waals surface area contributed by atoms with Gasteiger partial charge in [-0.1, -0.05) is 66.4 Å². The monoisotopic (exact) mass is 421 g/mol. The molecule has 4 rings (SSSR count). The number of carboxylic acids is 1. The number of furan rings is 1. The molecule has 0 unspecified atom stereocenters. The highest BCUT2D eigenvalue weighted by Gasteiger charge is 2.32. The normalized spacial score (nSPS) is 15.3. The second-order valence-corrected chi connectivity index (χ2v) is 8.01. The zero-order chi connectivity index (χ0) is 20.4. The number of thiocarbonyl (C=S) groups is 1. The van der Waals surface area contributed by atoms with Gasteiger partial charge in [0.1, 0.15) is 15.8 Å². The van der Waals surface area contributed by atoms with Crippen LogP contribution in [0.25, 0.3) is 17.4 Å². The molecule has 29 heavy (non-hydrogen) atoms. The van der Waals surface area contributed by atoms with Crippen LogP contribution >= 0.6 is 24.0 Å². The molecule has 0 atom stereocenters. The molecule has 0 saturated carbocycles. The van der Waals surface area contributed by atoms with Gasteiger partial charge in [-0.25, -0.2) is 4.79 Å². The number of amides is 1. The van der Waals surface area contributed by atoms with Gasteiger partial charge in [0.2, 0.25) is 0 Å². The molecule has 1 fully saturated rings. The van der Waals surface area contributed by atoms with Gasteiger partial charge >= 0.3 is 5.97 Å². The molecule has 2 aromatic carbocycles. The van der Waals surface area contributed by atoms with E-state index in [2.05, 4.69) is 0 Å². The summed E-state index contributed by atoms with van der Waals surface area (Å²) in [6.07, 6.45) is 1.68. The minimum absolute atomic E-state index is 0.146. The first-order valence-corrected chi connectivity index (χ1v) is 9.96. The van der Waals surface area contributed by atoms with Crippen molar-refractivity contribution in [3.63, 3.8) is 0 Å². The topological polar surface area (TPSA) is 70.8 Å². The van der Waals surface area contributed by atoms with Gasteiger partial charge in [0, 0.05) is 11.6 Å². The van der Waals surface area contributed by atoms with Crippen LogP contribution in [0.1, 0.15) is 21.7 Å². The van der Waals surface area contributed by atoms with Crippen LogP contribution in [0, 0.1) is 0 Å². The van der Waals surface area contributed by atoms with Crippen molar-refractivity contribution in [2.75, 3.05) is 0 Å². The fraction of sp³-hybridized carbons (Fsp3) is 0.0455. The predicted molar refractivity (Wildman–Crippen MR) is 116 cm³/mol. The van der Waals surface area contributed by atoms with Crippen LogP contribution in [-0.4, -0.2) is 26.2 Å². The Morgan fingerprint density at radius 2 is 1.79 bits per heavy atom. The lowest BCUT2D eigenvalue weighted by atomic mass is 10.1. The van der Waals surface area contributed by atoms with E-state index in [1.807, 2.05) is 30.3 Å². The molecule has 0 aliphatic carbocycles. The van der Waals surface area contributed by atoms with E-state index in [9.17, 15) is 9.59 Å². The van der Waals surface area contributed by atoms with Gasteiger partial charge in [-0.3, -0.25) is 9.69 Å². The Bertz CT molecular complexity index is 1120. The van der Waals surface area contributed by atoms with Gasteiger partial charge in [-0.05, 0) is 29.8 Å². The van der Waals surface area contributed by atoms with Gasteiger partial charge in [0.25, 0.3) is 5.91 Å². The number of carbonyl (C=O) groups excluding carboxylic acids is 1. The van der Waals surface area contributed by atoms with E-state index < -0.39 is 5.97 Å². The van der Waals surface area contributed by atoms with Crippen molar-refractivity contribution in [2.45, 2.75) is 6.54 Å². The molecular weight excluding hydrogens is 406 g/mol. The molecule has 0 bridgehead atoms. The fourth-order valence-corrected chi connectivity index (χ4v) is 4.13. The Morgan fingerprint density at radius 1 is 1.07 bits per heavy atom. The van der Waals surface area contributed by atoms with Gasteiger partial charge < -0.3 is 9.52 Å². The smallest absolute Gasteiger partial charge is 0.335 e. The van der Waals surface area contributed by atoms with Crippen molar-refractivity contribution in [3.8, 4) is 11.3 Å². The molecule has 1 aromatic heterocycles. The maximum Gasteiger partial charge on any atom is 0.335 e. The highest BCUT2D eigenvalue weighted by atomic mass is 32.2. The standard InChI is InChI=1S/C22H15NO4S2/c24-20-19(29-22(28)23(20)13-14-4-2-1-3-5-14)12-17-10-11-18(27-17)15-6-8-16(9-7-15)21(25)26/h1-12H,13H2,(H,25,26). The predicted octanol–water partition coefficient (Wildman–Crippen LogP) is 5.05. The molecule has 0 spiro atoms. The summed E-state index contributed by atoms with van der Waals surface area (Å²) in [6.45, 7) is 0.433. The maximum absolute atomic E-state index is 12.8. The molecule has 1 aliphatic rings. The number of hydrogen-bond acceptors (Lipinski definition) is 5. The van der Waals surface area contributed by atoms with Crippen molar-refractivity contribution in [2.24, 2.45) is 0 Å². The SMILES string of the molecule is O=C(O)c1ccc(-c2ccc(C=C3SC(=S)N(Cc4ccccc4)C3=O)o2)cc1. The van der Waals surface area contributed by atoms with Gasteiger partial charge in [-0.15, -0.1) is 0 Å². The van der Waals surface area contributed by atoms with Crippen LogP contribution in [0.2, 0.25) is 0 Å². The molecular formula is C22H15NO4S2. The van der Waals surface area contributed by atoms with Crippen LogP contribution in [0.3, 0.4) is 0 Å². The number of rotatable bonds is 5. The Morgan fingerprint density at radius 3 is 2.48 bits per heavy atom. The van der Waals surface area contributed by atoms with Crippen LogP contribution in [0.4, 0.5) is 0 Å². The van der Waals surface area contributed by atoms with E-state index >= 15 is 0 Å². The highest BCUT2D eigenvalue weighted by molar-refractivity contribution is 8.26. The molecule has 7 heteroatoms. The van der Waals surface area contributed by atoms with Gasteiger partial charge in [0.15, 0.2) is 0 Å². The van der Waals surface area contributed by atoms with Gasteiger partial charge in [-0.2, -0.15) is 0 Å². The van der Waals surface area contributed by atoms with Gasteiger partial charge in [0.05, 0.1) is 17.0 Å². The van der Waals surface area contributed by atoms with E-state index in [-0.39, 0.29) is 11.5 Å². The summed E-state index contributed by atoms with van der Waals surface area (Å²) in [5.74, 6) is -0.00250. The molecule has 3 aromatic rings. The maximum atomic E-state index is 12.8. The first-order valence-electron chi connectivity index (χ1n) is 8.74. The van der Waals surface area contributed by atoms with Crippen molar-refractivity contribution in [3.05, 3.63) is 88.5 Å². The summed E-state index contributed by atoms with van der Waals surface area (Å²) >= 11 is 6.62. The molecule has 1 aliphatic heterocycles. The van der Waals surface area contributed by atoms with Crippen LogP contribution < -0.4 is 0 Å². The Kier molecular flexibility index (Phi) is 5.33. The summed E-state index contributed by atoms with van der Waals surface area (Å²) in [7, 11) is 0. The molecule has 144 valence electrons. The van der Waals surface area contributed by atoms with Crippen molar-refractivity contribution in [1.29, 1.82) is 0 Å². The second kappa shape index (κ2) is 8.06. The lowest BCUT2D eigenvalue weighted by molar-refractivity contribution is -0.122. The summed E-state index contributed by atoms with van der Waals surface area (Å²) in [5.41, 5.74) is 1.98. The first kappa shape index (κ1) is 19.2. The number of carbonyl (C=O) groups is 2. The lowest BCUT2D eigenvalue weighted by Crippen LogP contribution is -2.27. The van der Waals surface area contributed by atoms with Crippen LogP contribution in [0.15, 0.2) is 76.1 Å². The average Bonchev–Trinajstić information content (AvgIpc) is 3.29. The fourth-order valence-electron chi connectivity index (χ4n) is 2.89. The zero-order valence-electron chi connectivity index (χ0n) is 15.1. The van der Waals surface area contributed by atoms with Crippen LogP contribution in [-0.2, 0) is 11.3 Å². The quantitative estimate of drug-likeness (QED) is 0.459. The Balaban J connectivity index is 1.52. The lowest BCUT2D eigenvalue weighted by Gasteiger charge is -2.14. The molecule has 5 nitrogen and oxygen atoms in total. The van der Waals surface area contributed by atoms with E-state index in [0.29, 0.717) is 27.3 Å². The third-order valence-corrected chi connectivity index (χ3v) is 5.75. The number of thioether (sulfide) groups is 1.